The summed E-state index contributed by atoms with van der Waals surface area (Å²) in [5.74, 6) is -0.00380. The van der Waals surface area contributed by atoms with Gasteiger partial charge in [0.15, 0.2) is 0 Å². The highest BCUT2D eigenvalue weighted by Crippen LogP contribution is 2.36. The third kappa shape index (κ3) is 4.32. The van der Waals surface area contributed by atoms with Crippen LogP contribution in [0.5, 0.6) is 0 Å². The Morgan fingerprint density at radius 1 is 1.07 bits per heavy atom. The number of carbonyl (C=O) groups is 2. The highest BCUT2D eigenvalue weighted by molar-refractivity contribution is 6.05. The largest absolute Gasteiger partial charge is 0.358 e. The van der Waals surface area contributed by atoms with E-state index in [0.29, 0.717) is 12.1 Å². The fourth-order valence-electron chi connectivity index (χ4n) is 4.70. The van der Waals surface area contributed by atoms with Gasteiger partial charge in [-0.05, 0) is 76.4 Å². The van der Waals surface area contributed by atoms with Crippen molar-refractivity contribution in [1.29, 1.82) is 0 Å². The first-order valence-corrected chi connectivity index (χ1v) is 10.9. The van der Waals surface area contributed by atoms with Gasteiger partial charge in [-0.3, -0.25) is 9.59 Å². The molecule has 2 fully saturated rings. The summed E-state index contributed by atoms with van der Waals surface area (Å²) in [6.07, 6.45) is 9.38. The van der Waals surface area contributed by atoms with E-state index in [9.17, 15) is 9.59 Å². The number of hydrogen-bond acceptors (Lipinski definition) is 4. The zero-order valence-electron chi connectivity index (χ0n) is 16.7. The van der Waals surface area contributed by atoms with Crippen LogP contribution in [-0.4, -0.2) is 55.5 Å². The molecule has 0 spiro atoms. The summed E-state index contributed by atoms with van der Waals surface area (Å²) >= 11 is 0. The highest BCUT2D eigenvalue weighted by atomic mass is 16.2. The van der Waals surface area contributed by atoms with Crippen molar-refractivity contribution < 1.29 is 9.59 Å². The Morgan fingerprint density at radius 2 is 1.86 bits per heavy atom. The van der Waals surface area contributed by atoms with E-state index in [-0.39, 0.29) is 17.9 Å². The van der Waals surface area contributed by atoms with Crippen LogP contribution in [0.2, 0.25) is 0 Å². The molecule has 6 heteroatoms. The molecule has 1 aromatic rings. The highest BCUT2D eigenvalue weighted by Gasteiger charge is 2.34. The molecule has 0 aliphatic carbocycles. The molecule has 0 unspecified atom stereocenters. The second-order valence-corrected chi connectivity index (χ2v) is 8.29. The van der Waals surface area contributed by atoms with Crippen LogP contribution in [0.4, 0.5) is 11.4 Å². The fourth-order valence-corrected chi connectivity index (χ4v) is 4.70. The van der Waals surface area contributed by atoms with Crippen molar-refractivity contribution in [3.05, 3.63) is 23.8 Å². The first kappa shape index (κ1) is 19.2. The standard InChI is InChI=1S/C22H32N4O2/c27-21(23-11-7-14-25-12-4-1-2-5-13-25)17-9-10-19-18(16-17)24-22(28)20-8-3-6-15-26(19)20/h9-10,16,20H,1-8,11-15H2,(H,23,27)(H,24,28)/t20-/m1/s1. The Balaban J connectivity index is 1.31. The Kier molecular flexibility index (Phi) is 6.15. The van der Waals surface area contributed by atoms with Crippen LogP contribution < -0.4 is 15.5 Å². The summed E-state index contributed by atoms with van der Waals surface area (Å²) < 4.78 is 0. The second-order valence-electron chi connectivity index (χ2n) is 8.29. The Morgan fingerprint density at radius 3 is 2.68 bits per heavy atom. The molecule has 3 heterocycles. The number of rotatable bonds is 5. The van der Waals surface area contributed by atoms with E-state index >= 15 is 0 Å². The maximum absolute atomic E-state index is 12.5. The number of piperidine rings is 1. The number of anilines is 2. The summed E-state index contributed by atoms with van der Waals surface area (Å²) in [6.45, 7) is 5.03. The summed E-state index contributed by atoms with van der Waals surface area (Å²) in [6, 6.07) is 5.63. The topological polar surface area (TPSA) is 64.7 Å². The molecule has 2 N–H and O–H groups in total. The number of likely N-dealkylation sites (tertiary alicyclic amines) is 1. The number of amides is 2. The van der Waals surface area contributed by atoms with E-state index in [1.165, 1.54) is 38.8 Å². The van der Waals surface area contributed by atoms with E-state index in [4.69, 9.17) is 0 Å². The molecule has 3 aliphatic heterocycles. The normalized spacial score (nSPS) is 22.6. The maximum Gasteiger partial charge on any atom is 0.251 e. The number of benzene rings is 1. The minimum absolute atomic E-state index is 0.0556. The van der Waals surface area contributed by atoms with Gasteiger partial charge in [0.25, 0.3) is 5.91 Å². The molecule has 3 aliphatic rings. The molecule has 2 amide bonds. The number of carbonyl (C=O) groups excluding carboxylic acids is 2. The molecule has 1 atom stereocenters. The molecule has 6 nitrogen and oxygen atoms in total. The first-order valence-electron chi connectivity index (χ1n) is 10.9. The van der Waals surface area contributed by atoms with Gasteiger partial charge >= 0.3 is 0 Å². The van der Waals surface area contributed by atoms with Crippen LogP contribution in [0.3, 0.4) is 0 Å². The van der Waals surface area contributed by atoms with E-state index in [1.54, 1.807) is 0 Å². The SMILES string of the molecule is O=C(NCCCN1CCCCCC1)c1ccc2c(c1)NC(=O)[C@H]1CCCCN21. The molecule has 2 saturated heterocycles. The monoisotopic (exact) mass is 384 g/mol. The van der Waals surface area contributed by atoms with Crippen LogP contribution in [-0.2, 0) is 4.79 Å². The second kappa shape index (κ2) is 8.95. The van der Waals surface area contributed by atoms with Gasteiger partial charge in [0.1, 0.15) is 6.04 Å². The number of nitrogens with zero attached hydrogens (tertiary/aromatic N) is 2. The van der Waals surface area contributed by atoms with Gasteiger partial charge in [-0.25, -0.2) is 0 Å². The van der Waals surface area contributed by atoms with E-state index in [0.717, 1.165) is 50.1 Å². The summed E-state index contributed by atoms with van der Waals surface area (Å²) in [7, 11) is 0. The lowest BCUT2D eigenvalue weighted by Gasteiger charge is -2.41. The summed E-state index contributed by atoms with van der Waals surface area (Å²) in [5, 5.41) is 6.04. The van der Waals surface area contributed by atoms with Crippen molar-refractivity contribution in [3.8, 4) is 0 Å². The van der Waals surface area contributed by atoms with Crippen LogP contribution in [0.25, 0.3) is 0 Å². The average Bonchev–Trinajstić information content (AvgIpc) is 3.00. The Hall–Kier alpha value is -2.08. The minimum Gasteiger partial charge on any atom is -0.358 e. The minimum atomic E-state index is -0.0614. The van der Waals surface area contributed by atoms with E-state index in [2.05, 4.69) is 20.4 Å². The zero-order chi connectivity index (χ0) is 19.3. The lowest BCUT2D eigenvalue weighted by molar-refractivity contribution is -0.118. The van der Waals surface area contributed by atoms with Gasteiger partial charge in [0, 0.05) is 18.7 Å². The predicted molar refractivity (Wildman–Crippen MR) is 112 cm³/mol. The van der Waals surface area contributed by atoms with Crippen LogP contribution in [0.15, 0.2) is 18.2 Å². The van der Waals surface area contributed by atoms with Gasteiger partial charge in [-0.2, -0.15) is 0 Å². The van der Waals surface area contributed by atoms with Crippen molar-refractivity contribution >= 4 is 23.2 Å². The molecule has 4 rings (SSSR count). The van der Waals surface area contributed by atoms with Crippen molar-refractivity contribution in [2.24, 2.45) is 0 Å². The molecule has 1 aromatic carbocycles. The summed E-state index contributed by atoms with van der Waals surface area (Å²) in [5.41, 5.74) is 2.42. The molecule has 28 heavy (non-hydrogen) atoms. The fraction of sp³-hybridized carbons (Fsp3) is 0.636. The molecule has 152 valence electrons. The molecule has 0 bridgehead atoms. The smallest absolute Gasteiger partial charge is 0.251 e. The quantitative estimate of drug-likeness (QED) is 0.766. The van der Waals surface area contributed by atoms with Gasteiger partial charge in [-0.1, -0.05) is 12.8 Å². The van der Waals surface area contributed by atoms with Gasteiger partial charge in [-0.15, -0.1) is 0 Å². The first-order chi connectivity index (χ1) is 13.7. The van der Waals surface area contributed by atoms with Gasteiger partial charge in [0.2, 0.25) is 5.91 Å². The Bertz CT molecular complexity index is 712. The van der Waals surface area contributed by atoms with Crippen molar-refractivity contribution in [2.45, 2.75) is 57.4 Å². The number of fused-ring (bicyclic) bond motifs is 3. The van der Waals surface area contributed by atoms with Gasteiger partial charge < -0.3 is 20.4 Å². The zero-order valence-corrected chi connectivity index (χ0v) is 16.7. The lowest BCUT2D eigenvalue weighted by atomic mass is 9.97. The lowest BCUT2D eigenvalue weighted by Crippen LogP contribution is -2.50. The van der Waals surface area contributed by atoms with Crippen molar-refractivity contribution in [1.82, 2.24) is 10.2 Å². The molecular formula is C22H32N4O2. The maximum atomic E-state index is 12.5. The molecular weight excluding hydrogens is 352 g/mol. The molecule has 0 radical (unpaired) electrons. The number of nitrogens with one attached hydrogen (secondary N) is 2. The summed E-state index contributed by atoms with van der Waals surface area (Å²) in [4.78, 5) is 29.7. The predicted octanol–water partition coefficient (Wildman–Crippen LogP) is 2.99. The van der Waals surface area contributed by atoms with Crippen LogP contribution in [0.1, 0.15) is 61.7 Å². The van der Waals surface area contributed by atoms with E-state index in [1.807, 2.05) is 18.2 Å². The Labute approximate surface area is 167 Å². The molecule has 0 aromatic heterocycles. The van der Waals surface area contributed by atoms with Crippen LogP contribution >= 0.6 is 0 Å². The van der Waals surface area contributed by atoms with Crippen molar-refractivity contribution in [3.63, 3.8) is 0 Å². The van der Waals surface area contributed by atoms with Crippen molar-refractivity contribution in [2.75, 3.05) is 42.9 Å². The number of hydrogen-bond donors (Lipinski definition) is 2. The van der Waals surface area contributed by atoms with Crippen LogP contribution in [0, 0.1) is 0 Å². The third-order valence-electron chi connectivity index (χ3n) is 6.27. The van der Waals surface area contributed by atoms with Gasteiger partial charge in [0.05, 0.1) is 11.4 Å². The average molecular weight is 385 g/mol. The molecule has 0 saturated carbocycles. The van der Waals surface area contributed by atoms with E-state index < -0.39 is 0 Å². The third-order valence-corrected chi connectivity index (χ3v) is 6.27.